The first-order valence-electron chi connectivity index (χ1n) is 4.00. The SMILES string of the molecule is CS(=O)(=O)c1cc([N+](=O)[O-])cc([N+](=O)[O-])c1O. The van der Waals surface area contributed by atoms with Gasteiger partial charge in [0.1, 0.15) is 4.90 Å². The predicted octanol–water partition coefficient (Wildman–Crippen LogP) is 0.612. The first-order valence-corrected chi connectivity index (χ1v) is 5.89. The third kappa shape index (κ3) is 2.47. The maximum Gasteiger partial charge on any atom is 0.318 e. The van der Waals surface area contributed by atoms with Crippen molar-refractivity contribution in [2.45, 2.75) is 4.90 Å². The Kier molecular flexibility index (Phi) is 3.00. The van der Waals surface area contributed by atoms with Crippen molar-refractivity contribution in [2.75, 3.05) is 6.26 Å². The Morgan fingerprint density at radius 1 is 1.18 bits per heavy atom. The Morgan fingerprint density at radius 3 is 2.06 bits per heavy atom. The van der Waals surface area contributed by atoms with Crippen LogP contribution in [0.15, 0.2) is 17.0 Å². The average Bonchev–Trinajstić information content (AvgIpc) is 2.15. The van der Waals surface area contributed by atoms with Crippen molar-refractivity contribution in [3.05, 3.63) is 32.4 Å². The van der Waals surface area contributed by atoms with Gasteiger partial charge in [0.05, 0.1) is 15.9 Å². The van der Waals surface area contributed by atoms with E-state index in [1.54, 1.807) is 0 Å². The highest BCUT2D eigenvalue weighted by molar-refractivity contribution is 7.90. The number of aromatic hydroxyl groups is 1. The highest BCUT2D eigenvalue weighted by atomic mass is 32.2. The molecule has 92 valence electrons. The van der Waals surface area contributed by atoms with Crippen LogP contribution in [0, 0.1) is 20.2 Å². The summed E-state index contributed by atoms with van der Waals surface area (Å²) in [6.07, 6.45) is 0.676. The summed E-state index contributed by atoms with van der Waals surface area (Å²) in [5, 5.41) is 30.3. The van der Waals surface area contributed by atoms with Gasteiger partial charge in [-0.15, -0.1) is 0 Å². The summed E-state index contributed by atoms with van der Waals surface area (Å²) in [5.74, 6) is -1.11. The fraction of sp³-hybridized carbons (Fsp3) is 0.143. The molecule has 0 aliphatic heterocycles. The first kappa shape index (κ1) is 12.8. The number of rotatable bonds is 3. The molecule has 0 heterocycles. The van der Waals surface area contributed by atoms with Gasteiger partial charge >= 0.3 is 5.69 Å². The summed E-state index contributed by atoms with van der Waals surface area (Å²) in [7, 11) is -4.00. The van der Waals surface area contributed by atoms with Crippen molar-refractivity contribution in [1.29, 1.82) is 0 Å². The molecule has 0 amide bonds. The van der Waals surface area contributed by atoms with Crippen LogP contribution in [0.4, 0.5) is 11.4 Å². The van der Waals surface area contributed by atoms with Crippen LogP contribution in [0.25, 0.3) is 0 Å². The molecule has 0 saturated heterocycles. The van der Waals surface area contributed by atoms with Crippen LogP contribution >= 0.6 is 0 Å². The highest BCUT2D eigenvalue weighted by Gasteiger charge is 2.28. The number of hydrogen-bond acceptors (Lipinski definition) is 7. The number of nitro benzene ring substituents is 2. The summed E-state index contributed by atoms with van der Waals surface area (Å²) in [6.45, 7) is 0. The summed E-state index contributed by atoms with van der Waals surface area (Å²) in [4.78, 5) is 18.0. The van der Waals surface area contributed by atoms with Crippen LogP contribution in [-0.2, 0) is 9.84 Å². The van der Waals surface area contributed by atoms with Crippen LogP contribution in [-0.4, -0.2) is 29.6 Å². The van der Waals surface area contributed by atoms with Gasteiger partial charge in [-0.2, -0.15) is 0 Å². The molecule has 0 unspecified atom stereocenters. The van der Waals surface area contributed by atoms with Crippen LogP contribution < -0.4 is 0 Å². The van der Waals surface area contributed by atoms with E-state index in [0.717, 1.165) is 0 Å². The molecular weight excluding hydrogens is 256 g/mol. The fourth-order valence-corrected chi connectivity index (χ4v) is 1.90. The Bertz CT molecular complexity index is 607. The zero-order valence-electron chi connectivity index (χ0n) is 8.35. The number of benzene rings is 1. The first-order chi connectivity index (χ1) is 7.64. The molecule has 0 spiro atoms. The maximum absolute atomic E-state index is 11.2. The molecule has 9 nitrogen and oxygen atoms in total. The Labute approximate surface area is 94.5 Å². The van der Waals surface area contributed by atoms with Gasteiger partial charge in [0.15, 0.2) is 9.84 Å². The van der Waals surface area contributed by atoms with E-state index in [0.29, 0.717) is 18.4 Å². The van der Waals surface area contributed by atoms with Gasteiger partial charge in [-0.3, -0.25) is 20.2 Å². The second-order valence-electron chi connectivity index (χ2n) is 3.10. The van der Waals surface area contributed by atoms with Gasteiger partial charge in [-0.25, -0.2) is 8.42 Å². The number of phenolic OH excluding ortho intramolecular Hbond substituents is 1. The van der Waals surface area contributed by atoms with E-state index in [1.165, 1.54) is 0 Å². The summed E-state index contributed by atoms with van der Waals surface area (Å²) in [5.41, 5.74) is -1.81. The topological polar surface area (TPSA) is 141 Å². The van der Waals surface area contributed by atoms with Crippen molar-refractivity contribution < 1.29 is 23.4 Å². The van der Waals surface area contributed by atoms with E-state index < -0.39 is 41.7 Å². The lowest BCUT2D eigenvalue weighted by Gasteiger charge is -2.02. The second kappa shape index (κ2) is 3.97. The molecule has 0 saturated carbocycles. The zero-order valence-corrected chi connectivity index (χ0v) is 9.17. The molecule has 0 aliphatic rings. The molecule has 0 atom stereocenters. The average molecular weight is 262 g/mol. The number of non-ortho nitro benzene ring substituents is 1. The number of nitro groups is 2. The monoisotopic (exact) mass is 262 g/mol. The van der Waals surface area contributed by atoms with Crippen molar-refractivity contribution in [3.63, 3.8) is 0 Å². The molecule has 1 aromatic rings. The minimum Gasteiger partial charge on any atom is -0.501 e. The molecule has 0 radical (unpaired) electrons. The van der Waals surface area contributed by atoms with Crippen molar-refractivity contribution in [3.8, 4) is 5.75 Å². The standard InChI is InChI=1S/C7H6N2O7S/c1-17(15,16)6-3-4(8(11)12)2-5(7(6)10)9(13)14/h2-3,10H,1H3. The summed E-state index contributed by atoms with van der Waals surface area (Å²) in [6, 6.07) is 1.06. The molecular formula is C7H6N2O7S. The molecule has 0 aliphatic carbocycles. The summed E-state index contributed by atoms with van der Waals surface area (Å²) >= 11 is 0. The third-order valence-electron chi connectivity index (χ3n) is 1.85. The second-order valence-corrected chi connectivity index (χ2v) is 5.08. The Morgan fingerprint density at radius 2 is 1.71 bits per heavy atom. The van der Waals surface area contributed by atoms with Crippen LogP contribution in [0.3, 0.4) is 0 Å². The predicted molar refractivity (Wildman–Crippen MR) is 54.5 cm³/mol. The van der Waals surface area contributed by atoms with Crippen molar-refractivity contribution in [2.24, 2.45) is 0 Å². The van der Waals surface area contributed by atoms with Gasteiger partial charge in [-0.1, -0.05) is 0 Å². The molecule has 0 aromatic heterocycles. The van der Waals surface area contributed by atoms with E-state index in [1.807, 2.05) is 0 Å². The number of sulfone groups is 1. The minimum atomic E-state index is -4.00. The van der Waals surface area contributed by atoms with E-state index in [4.69, 9.17) is 0 Å². The Hall–Kier alpha value is -2.23. The van der Waals surface area contributed by atoms with Crippen LogP contribution in [0.2, 0.25) is 0 Å². The smallest absolute Gasteiger partial charge is 0.318 e. The molecule has 1 rings (SSSR count). The van der Waals surface area contributed by atoms with Gasteiger partial charge in [0.25, 0.3) is 5.69 Å². The minimum absolute atomic E-state index is 0.490. The van der Waals surface area contributed by atoms with E-state index in [9.17, 15) is 33.8 Å². The van der Waals surface area contributed by atoms with Crippen molar-refractivity contribution >= 4 is 21.2 Å². The molecule has 17 heavy (non-hydrogen) atoms. The molecule has 0 bridgehead atoms. The van der Waals surface area contributed by atoms with Gasteiger partial charge in [-0.05, 0) is 0 Å². The third-order valence-corrected chi connectivity index (χ3v) is 2.96. The fourth-order valence-electron chi connectivity index (χ4n) is 1.11. The zero-order chi connectivity index (χ0) is 13.4. The van der Waals surface area contributed by atoms with Gasteiger partial charge < -0.3 is 5.11 Å². The van der Waals surface area contributed by atoms with Crippen LogP contribution in [0.5, 0.6) is 5.75 Å². The van der Waals surface area contributed by atoms with E-state index in [2.05, 4.69) is 0 Å². The lowest BCUT2D eigenvalue weighted by molar-refractivity contribution is -0.395. The van der Waals surface area contributed by atoms with Crippen LogP contribution in [0.1, 0.15) is 0 Å². The molecule has 10 heteroatoms. The molecule has 0 fully saturated rings. The summed E-state index contributed by atoms with van der Waals surface area (Å²) < 4.78 is 22.4. The highest BCUT2D eigenvalue weighted by Crippen LogP contribution is 2.36. The molecule has 1 N–H and O–H groups in total. The quantitative estimate of drug-likeness (QED) is 0.621. The number of hydrogen-bond donors (Lipinski definition) is 1. The van der Waals surface area contributed by atoms with Crippen molar-refractivity contribution in [1.82, 2.24) is 0 Å². The normalized spacial score (nSPS) is 11.1. The largest absolute Gasteiger partial charge is 0.501 e. The lowest BCUT2D eigenvalue weighted by atomic mass is 10.2. The van der Waals surface area contributed by atoms with Gasteiger partial charge in [0.2, 0.25) is 5.75 Å². The van der Waals surface area contributed by atoms with E-state index >= 15 is 0 Å². The molecule has 1 aromatic carbocycles. The Balaban J connectivity index is 3.73. The number of nitrogens with zero attached hydrogens (tertiary/aromatic N) is 2. The van der Waals surface area contributed by atoms with E-state index in [-0.39, 0.29) is 0 Å². The number of phenols is 1. The van der Waals surface area contributed by atoms with Gasteiger partial charge in [0, 0.05) is 12.3 Å². The lowest BCUT2D eigenvalue weighted by Crippen LogP contribution is -2.02. The maximum atomic E-state index is 11.2.